The molecule has 0 radical (unpaired) electrons. The van der Waals surface area contributed by atoms with Gasteiger partial charge >= 0.3 is 0 Å². The Labute approximate surface area is 198 Å². The van der Waals surface area contributed by atoms with Gasteiger partial charge in [-0.3, -0.25) is 10.1 Å². The van der Waals surface area contributed by atoms with Crippen molar-refractivity contribution in [3.63, 3.8) is 0 Å². The molecule has 0 saturated carbocycles. The second-order valence-electron chi connectivity index (χ2n) is 8.05. The monoisotopic (exact) mass is 485 g/mol. The number of carbonyl (C=O) groups excluding carboxylic acids is 1. The molecular weight excluding hydrogens is 458 g/mol. The van der Waals surface area contributed by atoms with Crippen LogP contribution in [0.3, 0.4) is 0 Å². The first-order chi connectivity index (χ1) is 15.8. The maximum Gasteiger partial charge on any atom is 0.257 e. The number of amides is 1. The van der Waals surface area contributed by atoms with Gasteiger partial charge in [0.1, 0.15) is 5.75 Å². The van der Waals surface area contributed by atoms with E-state index in [2.05, 4.69) is 10.3 Å². The van der Waals surface area contributed by atoms with Crippen molar-refractivity contribution in [3.8, 4) is 17.0 Å². The second-order valence-corrected chi connectivity index (χ2v) is 11.2. The molecule has 1 aliphatic heterocycles. The van der Waals surface area contributed by atoms with E-state index < -0.39 is 10.0 Å². The van der Waals surface area contributed by atoms with Crippen LogP contribution >= 0.6 is 11.3 Å². The molecule has 1 amide bonds. The van der Waals surface area contributed by atoms with Crippen molar-refractivity contribution in [2.45, 2.75) is 38.0 Å². The number of benzene rings is 2. The summed E-state index contributed by atoms with van der Waals surface area (Å²) in [6.45, 7) is 4.74. The molecule has 0 atom stereocenters. The summed E-state index contributed by atoms with van der Waals surface area (Å²) in [6, 6.07) is 12.4. The molecule has 0 aliphatic carbocycles. The van der Waals surface area contributed by atoms with Crippen LogP contribution in [0.5, 0.6) is 5.75 Å². The molecule has 174 valence electrons. The third-order valence-electron chi connectivity index (χ3n) is 5.76. The molecule has 2 aromatic carbocycles. The van der Waals surface area contributed by atoms with Gasteiger partial charge in [0.05, 0.1) is 17.7 Å². The maximum absolute atomic E-state index is 13.2. The van der Waals surface area contributed by atoms with Crippen molar-refractivity contribution in [1.29, 1.82) is 0 Å². The third kappa shape index (κ3) is 4.95. The van der Waals surface area contributed by atoms with Crippen LogP contribution in [0.1, 0.15) is 40.1 Å². The van der Waals surface area contributed by atoms with E-state index in [9.17, 15) is 13.2 Å². The number of hydrogen-bond acceptors (Lipinski definition) is 6. The topological polar surface area (TPSA) is 88.6 Å². The van der Waals surface area contributed by atoms with Gasteiger partial charge in [-0.1, -0.05) is 12.5 Å². The molecule has 1 N–H and O–H groups in total. The summed E-state index contributed by atoms with van der Waals surface area (Å²) in [5.74, 6) is 0.370. The Bertz CT molecular complexity index is 1260. The average Bonchev–Trinajstić information content (AvgIpc) is 3.19. The van der Waals surface area contributed by atoms with Crippen LogP contribution in [-0.4, -0.2) is 43.8 Å². The van der Waals surface area contributed by atoms with Gasteiger partial charge < -0.3 is 4.74 Å². The summed E-state index contributed by atoms with van der Waals surface area (Å²) >= 11 is 1.38. The molecule has 0 unspecified atom stereocenters. The van der Waals surface area contributed by atoms with Crippen molar-refractivity contribution in [2.75, 3.05) is 25.5 Å². The molecule has 1 aromatic heterocycles. The van der Waals surface area contributed by atoms with Crippen molar-refractivity contribution >= 4 is 32.4 Å². The van der Waals surface area contributed by atoms with E-state index in [0.717, 1.165) is 41.1 Å². The van der Waals surface area contributed by atoms with E-state index in [1.54, 1.807) is 26.2 Å². The quantitative estimate of drug-likeness (QED) is 0.539. The van der Waals surface area contributed by atoms with E-state index >= 15 is 0 Å². The lowest BCUT2D eigenvalue weighted by molar-refractivity contribution is 0.102. The summed E-state index contributed by atoms with van der Waals surface area (Å²) in [6.07, 6.45) is 2.76. The Morgan fingerprint density at radius 3 is 2.42 bits per heavy atom. The van der Waals surface area contributed by atoms with E-state index in [4.69, 9.17) is 4.74 Å². The van der Waals surface area contributed by atoms with Gasteiger partial charge in [-0.05, 0) is 68.7 Å². The van der Waals surface area contributed by atoms with Crippen LogP contribution in [0, 0.1) is 13.8 Å². The minimum atomic E-state index is -3.64. The van der Waals surface area contributed by atoms with Crippen molar-refractivity contribution in [3.05, 3.63) is 58.5 Å². The van der Waals surface area contributed by atoms with Crippen molar-refractivity contribution in [2.24, 2.45) is 0 Å². The number of aromatic nitrogens is 1. The number of sulfonamides is 1. The molecule has 7 nitrogen and oxygen atoms in total. The van der Waals surface area contributed by atoms with Crippen LogP contribution in [0.25, 0.3) is 11.3 Å². The molecule has 2 heterocycles. The van der Waals surface area contributed by atoms with Gasteiger partial charge in [0.25, 0.3) is 5.91 Å². The standard InChI is InChI=1S/C24H27N3O4S2/c1-16-7-8-19(15-21(16)33(29,30)27-13-5-4-6-14-27)23(28)26-24-25-22(17(2)32-24)18-9-11-20(31-3)12-10-18/h7-12,15H,4-6,13-14H2,1-3H3,(H,25,26,28). The van der Waals surface area contributed by atoms with Gasteiger partial charge in [0.2, 0.25) is 10.0 Å². The first kappa shape index (κ1) is 23.4. The number of piperidine rings is 1. The largest absolute Gasteiger partial charge is 0.497 e. The van der Waals surface area contributed by atoms with Crippen LogP contribution in [0.15, 0.2) is 47.4 Å². The third-order valence-corrected chi connectivity index (χ3v) is 8.69. The van der Waals surface area contributed by atoms with Crippen LogP contribution in [-0.2, 0) is 10.0 Å². The number of ether oxygens (including phenoxy) is 1. The molecule has 4 rings (SSSR count). The summed E-state index contributed by atoms with van der Waals surface area (Å²) < 4.78 is 33.1. The second kappa shape index (κ2) is 9.62. The molecule has 9 heteroatoms. The van der Waals surface area contributed by atoms with Crippen LogP contribution < -0.4 is 10.1 Å². The number of carbonyl (C=O) groups is 1. The fourth-order valence-corrected chi connectivity index (χ4v) is 6.50. The number of thiazole rings is 1. The smallest absolute Gasteiger partial charge is 0.257 e. The van der Waals surface area contributed by atoms with E-state index in [1.165, 1.54) is 21.7 Å². The highest BCUT2D eigenvalue weighted by atomic mass is 32.2. The Balaban J connectivity index is 1.56. The molecule has 0 spiro atoms. The number of rotatable bonds is 6. The lowest BCUT2D eigenvalue weighted by Gasteiger charge is -2.26. The van der Waals surface area contributed by atoms with E-state index in [1.807, 2.05) is 31.2 Å². The van der Waals surface area contributed by atoms with E-state index in [-0.39, 0.29) is 16.4 Å². The fraction of sp³-hybridized carbons (Fsp3) is 0.333. The van der Waals surface area contributed by atoms with Gasteiger partial charge in [-0.15, -0.1) is 11.3 Å². The Morgan fingerprint density at radius 1 is 1.06 bits per heavy atom. The predicted octanol–water partition coefficient (Wildman–Crippen LogP) is 4.86. The van der Waals surface area contributed by atoms with Crippen molar-refractivity contribution in [1.82, 2.24) is 9.29 Å². The SMILES string of the molecule is COc1ccc(-c2nc(NC(=O)c3ccc(C)c(S(=O)(=O)N4CCCCC4)c3)sc2C)cc1. The average molecular weight is 486 g/mol. The molecule has 33 heavy (non-hydrogen) atoms. The van der Waals surface area contributed by atoms with Gasteiger partial charge in [0.15, 0.2) is 5.13 Å². The Hall–Kier alpha value is -2.75. The lowest BCUT2D eigenvalue weighted by Crippen LogP contribution is -2.36. The predicted molar refractivity (Wildman–Crippen MR) is 131 cm³/mol. The molecule has 1 fully saturated rings. The molecule has 0 bridgehead atoms. The number of methoxy groups -OCH3 is 1. The zero-order valence-electron chi connectivity index (χ0n) is 18.9. The summed E-state index contributed by atoms with van der Waals surface area (Å²) in [5, 5.41) is 3.29. The zero-order chi connectivity index (χ0) is 23.6. The minimum Gasteiger partial charge on any atom is -0.497 e. The normalized spacial score (nSPS) is 14.8. The Kier molecular flexibility index (Phi) is 6.83. The number of aryl methyl sites for hydroxylation is 2. The maximum atomic E-state index is 13.2. The van der Waals surface area contributed by atoms with Gasteiger partial charge in [-0.2, -0.15) is 4.31 Å². The summed E-state index contributed by atoms with van der Waals surface area (Å²) in [7, 11) is -2.02. The number of hydrogen-bond donors (Lipinski definition) is 1. The summed E-state index contributed by atoms with van der Waals surface area (Å²) in [4.78, 5) is 18.7. The van der Waals surface area contributed by atoms with Crippen LogP contribution in [0.4, 0.5) is 5.13 Å². The highest BCUT2D eigenvalue weighted by Gasteiger charge is 2.28. The van der Waals surface area contributed by atoms with Gasteiger partial charge in [-0.25, -0.2) is 13.4 Å². The molecular formula is C24H27N3O4S2. The Morgan fingerprint density at radius 2 is 1.76 bits per heavy atom. The number of anilines is 1. The number of nitrogens with one attached hydrogen (secondary N) is 1. The summed E-state index contributed by atoms with van der Waals surface area (Å²) in [5.41, 5.74) is 2.63. The molecule has 3 aromatic rings. The van der Waals surface area contributed by atoms with Crippen LogP contribution in [0.2, 0.25) is 0 Å². The molecule has 1 saturated heterocycles. The first-order valence-corrected chi connectivity index (χ1v) is 13.1. The van der Waals surface area contributed by atoms with Gasteiger partial charge in [0, 0.05) is 29.1 Å². The highest BCUT2D eigenvalue weighted by molar-refractivity contribution is 7.89. The fourth-order valence-electron chi connectivity index (χ4n) is 3.90. The zero-order valence-corrected chi connectivity index (χ0v) is 20.6. The molecule has 1 aliphatic rings. The van der Waals surface area contributed by atoms with E-state index in [0.29, 0.717) is 23.8 Å². The lowest BCUT2D eigenvalue weighted by atomic mass is 10.1. The van der Waals surface area contributed by atoms with Crippen molar-refractivity contribution < 1.29 is 17.9 Å². The number of nitrogens with zero attached hydrogens (tertiary/aromatic N) is 2. The first-order valence-electron chi connectivity index (χ1n) is 10.8. The minimum absolute atomic E-state index is 0.186. The highest BCUT2D eigenvalue weighted by Crippen LogP contribution is 2.32.